The third kappa shape index (κ3) is 1.38. The van der Waals surface area contributed by atoms with E-state index in [1.807, 2.05) is 0 Å². The van der Waals surface area contributed by atoms with Crippen molar-refractivity contribution in [2.24, 2.45) is 17.6 Å². The highest BCUT2D eigenvalue weighted by Crippen LogP contribution is 2.45. The molecule has 2 atom stereocenters. The molecule has 1 aliphatic carbocycles. The van der Waals surface area contributed by atoms with Crippen molar-refractivity contribution in [2.45, 2.75) is 18.9 Å². The number of hydrogen-bond acceptors (Lipinski definition) is 4. The van der Waals surface area contributed by atoms with Crippen LogP contribution in [0.4, 0.5) is 0 Å². The summed E-state index contributed by atoms with van der Waals surface area (Å²) in [6.45, 7) is 3.58. The second-order valence-corrected chi connectivity index (χ2v) is 5.01. The Kier molecular flexibility index (Phi) is 2.26. The van der Waals surface area contributed by atoms with Gasteiger partial charge in [-0.25, -0.2) is 0 Å². The molecular weight excluding hydrogens is 206 g/mol. The minimum Gasteiger partial charge on any atom is -0.326 e. The van der Waals surface area contributed by atoms with Crippen molar-refractivity contribution in [1.29, 1.82) is 0 Å². The fourth-order valence-corrected chi connectivity index (χ4v) is 2.91. The molecule has 0 radical (unpaired) electrons. The average Bonchev–Trinajstić information content (AvgIpc) is 2.64. The predicted octanol–water partition coefficient (Wildman–Crippen LogP) is -0.976. The Labute approximate surface area is 94.6 Å². The molecule has 5 heteroatoms. The van der Waals surface area contributed by atoms with Crippen LogP contribution in [0, 0.1) is 11.8 Å². The number of fused-ring (bicyclic) bond motifs is 1. The lowest BCUT2D eigenvalue weighted by Crippen LogP contribution is -2.41. The number of nitrogens with two attached hydrogens (primary N) is 1. The van der Waals surface area contributed by atoms with E-state index in [-0.39, 0.29) is 29.7 Å². The Morgan fingerprint density at radius 1 is 1.06 bits per heavy atom. The first kappa shape index (κ1) is 10.2. The number of nitrogens with zero attached hydrogens (tertiary/aromatic N) is 2. The topological polar surface area (TPSA) is 66.6 Å². The molecule has 0 bridgehead atoms. The van der Waals surface area contributed by atoms with Gasteiger partial charge in [0.2, 0.25) is 11.8 Å². The van der Waals surface area contributed by atoms with Gasteiger partial charge in [-0.3, -0.25) is 14.5 Å². The summed E-state index contributed by atoms with van der Waals surface area (Å²) in [7, 11) is 0. The SMILES string of the molecule is NC1C2C(=O)N(CCN3CCCC3)C(=O)C12. The zero-order valence-corrected chi connectivity index (χ0v) is 9.26. The van der Waals surface area contributed by atoms with Crippen LogP contribution in [-0.4, -0.2) is 53.8 Å². The van der Waals surface area contributed by atoms with Crippen molar-refractivity contribution < 1.29 is 9.59 Å². The minimum absolute atomic E-state index is 0.0401. The van der Waals surface area contributed by atoms with Crippen molar-refractivity contribution >= 4 is 11.8 Å². The highest BCUT2D eigenvalue weighted by molar-refractivity contribution is 6.10. The van der Waals surface area contributed by atoms with Crippen LogP contribution in [0.3, 0.4) is 0 Å². The van der Waals surface area contributed by atoms with E-state index in [9.17, 15) is 9.59 Å². The molecule has 2 N–H and O–H groups in total. The maximum absolute atomic E-state index is 11.8. The van der Waals surface area contributed by atoms with Crippen LogP contribution < -0.4 is 5.73 Å². The number of carbonyl (C=O) groups is 2. The summed E-state index contributed by atoms with van der Waals surface area (Å²) in [5.41, 5.74) is 5.65. The summed E-state index contributed by atoms with van der Waals surface area (Å²) >= 11 is 0. The molecule has 2 saturated heterocycles. The molecular formula is C11H17N3O2. The average molecular weight is 223 g/mol. The van der Waals surface area contributed by atoms with Gasteiger partial charge in [-0.2, -0.15) is 0 Å². The van der Waals surface area contributed by atoms with Crippen LogP contribution in [0.15, 0.2) is 0 Å². The van der Waals surface area contributed by atoms with E-state index >= 15 is 0 Å². The van der Waals surface area contributed by atoms with Crippen molar-refractivity contribution in [1.82, 2.24) is 9.80 Å². The van der Waals surface area contributed by atoms with E-state index in [0.717, 1.165) is 19.6 Å². The molecule has 0 aromatic rings. The van der Waals surface area contributed by atoms with E-state index in [4.69, 9.17) is 5.73 Å². The Morgan fingerprint density at radius 2 is 1.62 bits per heavy atom. The Hall–Kier alpha value is -0.940. The largest absolute Gasteiger partial charge is 0.326 e. The van der Waals surface area contributed by atoms with Gasteiger partial charge in [-0.05, 0) is 25.9 Å². The van der Waals surface area contributed by atoms with Gasteiger partial charge in [0.15, 0.2) is 0 Å². The van der Waals surface area contributed by atoms with E-state index < -0.39 is 0 Å². The monoisotopic (exact) mass is 223 g/mol. The van der Waals surface area contributed by atoms with Gasteiger partial charge in [-0.1, -0.05) is 0 Å². The van der Waals surface area contributed by atoms with Crippen LogP contribution in [0.2, 0.25) is 0 Å². The molecule has 2 aliphatic heterocycles. The molecule has 3 rings (SSSR count). The van der Waals surface area contributed by atoms with Crippen molar-refractivity contribution in [2.75, 3.05) is 26.2 Å². The van der Waals surface area contributed by atoms with Gasteiger partial charge in [0.05, 0.1) is 11.8 Å². The Bertz CT molecular complexity index is 316. The fraction of sp³-hybridized carbons (Fsp3) is 0.818. The van der Waals surface area contributed by atoms with Crippen LogP contribution in [0.1, 0.15) is 12.8 Å². The molecule has 2 amide bonds. The lowest BCUT2D eigenvalue weighted by atomic mass is 10.3. The summed E-state index contributed by atoms with van der Waals surface area (Å²) < 4.78 is 0. The quantitative estimate of drug-likeness (QED) is 0.625. The normalized spacial score (nSPS) is 38.3. The molecule has 2 unspecified atom stereocenters. The minimum atomic E-state index is -0.192. The molecule has 0 spiro atoms. The van der Waals surface area contributed by atoms with Crippen LogP contribution >= 0.6 is 0 Å². The van der Waals surface area contributed by atoms with Crippen LogP contribution in [-0.2, 0) is 9.59 Å². The predicted molar refractivity (Wildman–Crippen MR) is 57.3 cm³/mol. The number of piperidine rings is 1. The Morgan fingerprint density at radius 3 is 2.19 bits per heavy atom. The molecule has 5 nitrogen and oxygen atoms in total. The summed E-state index contributed by atoms with van der Waals surface area (Å²) in [5.74, 6) is -0.458. The van der Waals surface area contributed by atoms with Gasteiger partial charge in [0.1, 0.15) is 0 Å². The van der Waals surface area contributed by atoms with E-state index in [1.54, 1.807) is 0 Å². The maximum atomic E-state index is 11.8. The molecule has 16 heavy (non-hydrogen) atoms. The third-order valence-corrected chi connectivity index (χ3v) is 4.02. The molecule has 0 aromatic heterocycles. The van der Waals surface area contributed by atoms with E-state index in [2.05, 4.69) is 4.90 Å². The molecule has 2 heterocycles. The summed E-state index contributed by atoms with van der Waals surface area (Å²) in [6, 6.07) is -0.192. The van der Waals surface area contributed by atoms with Gasteiger partial charge in [0, 0.05) is 19.1 Å². The number of hydrogen-bond donors (Lipinski definition) is 1. The first-order valence-electron chi connectivity index (χ1n) is 6.03. The molecule has 1 saturated carbocycles. The maximum Gasteiger partial charge on any atom is 0.234 e. The third-order valence-electron chi connectivity index (χ3n) is 4.02. The molecule has 3 aliphatic rings. The summed E-state index contributed by atoms with van der Waals surface area (Å²) in [6.07, 6.45) is 2.47. The molecule has 3 fully saturated rings. The van der Waals surface area contributed by atoms with Crippen LogP contribution in [0.5, 0.6) is 0 Å². The number of likely N-dealkylation sites (tertiary alicyclic amines) is 2. The number of rotatable bonds is 3. The number of imide groups is 1. The fourth-order valence-electron chi connectivity index (χ4n) is 2.91. The number of amides is 2. The zero-order chi connectivity index (χ0) is 11.3. The first-order valence-corrected chi connectivity index (χ1v) is 6.03. The number of carbonyl (C=O) groups excluding carboxylic acids is 2. The van der Waals surface area contributed by atoms with Crippen molar-refractivity contribution in [3.63, 3.8) is 0 Å². The first-order chi connectivity index (χ1) is 7.70. The van der Waals surface area contributed by atoms with Gasteiger partial charge < -0.3 is 10.6 Å². The Balaban J connectivity index is 1.56. The standard InChI is InChI=1S/C11H17N3O2/c12-9-7-8(9)11(16)14(10(7)15)6-5-13-3-1-2-4-13/h7-9H,1-6,12H2. The van der Waals surface area contributed by atoms with Crippen molar-refractivity contribution in [3.05, 3.63) is 0 Å². The highest BCUT2D eigenvalue weighted by Gasteiger charge is 2.65. The van der Waals surface area contributed by atoms with Crippen molar-refractivity contribution in [3.8, 4) is 0 Å². The summed E-state index contributed by atoms with van der Waals surface area (Å²) in [5, 5.41) is 0. The van der Waals surface area contributed by atoms with E-state index in [0.29, 0.717) is 6.54 Å². The zero-order valence-electron chi connectivity index (χ0n) is 9.26. The van der Waals surface area contributed by atoms with E-state index in [1.165, 1.54) is 17.7 Å². The highest BCUT2D eigenvalue weighted by atomic mass is 16.2. The smallest absolute Gasteiger partial charge is 0.234 e. The van der Waals surface area contributed by atoms with Crippen LogP contribution in [0.25, 0.3) is 0 Å². The van der Waals surface area contributed by atoms with Gasteiger partial charge in [0.25, 0.3) is 0 Å². The lowest BCUT2D eigenvalue weighted by molar-refractivity contribution is -0.141. The molecule has 0 aromatic carbocycles. The summed E-state index contributed by atoms with van der Waals surface area (Å²) in [4.78, 5) is 27.3. The second kappa shape index (κ2) is 3.53. The van der Waals surface area contributed by atoms with Gasteiger partial charge >= 0.3 is 0 Å². The molecule has 88 valence electrons. The van der Waals surface area contributed by atoms with Gasteiger partial charge in [-0.15, -0.1) is 0 Å². The second-order valence-electron chi connectivity index (χ2n) is 5.01. The lowest BCUT2D eigenvalue weighted by Gasteiger charge is -2.21.